The molecule has 0 aromatic heterocycles. The summed E-state index contributed by atoms with van der Waals surface area (Å²) in [6.07, 6.45) is 0.991. The number of amides is 1. The van der Waals surface area contributed by atoms with E-state index in [9.17, 15) is 4.79 Å². The maximum atomic E-state index is 10.6. The van der Waals surface area contributed by atoms with E-state index in [-0.39, 0.29) is 5.04 Å². The SMILES string of the molecule is CC(=CCN(C)C(=O)O)CO[Si](C)(C)C(C)(C)C. The molecule has 0 bridgehead atoms. The first-order chi connectivity index (χ1) is 7.97. The average molecular weight is 273 g/mol. The predicted octanol–water partition coefficient (Wildman–Crippen LogP) is 3.56. The second-order valence-electron chi connectivity index (χ2n) is 6.26. The van der Waals surface area contributed by atoms with Gasteiger partial charge in [-0.25, -0.2) is 4.79 Å². The highest BCUT2D eigenvalue weighted by molar-refractivity contribution is 6.74. The quantitative estimate of drug-likeness (QED) is 0.615. The molecule has 5 heteroatoms. The third kappa shape index (κ3) is 5.69. The summed E-state index contributed by atoms with van der Waals surface area (Å²) in [5.41, 5.74) is 1.08. The largest absolute Gasteiger partial charge is 0.465 e. The first kappa shape index (κ1) is 17.2. The summed E-state index contributed by atoms with van der Waals surface area (Å²) < 4.78 is 6.05. The molecular weight excluding hydrogens is 246 g/mol. The Labute approximate surface area is 112 Å². The summed E-state index contributed by atoms with van der Waals surface area (Å²) in [4.78, 5) is 11.9. The van der Waals surface area contributed by atoms with Gasteiger partial charge in [0.15, 0.2) is 8.32 Å². The van der Waals surface area contributed by atoms with Crippen LogP contribution < -0.4 is 0 Å². The van der Waals surface area contributed by atoms with Crippen molar-refractivity contribution in [3.63, 3.8) is 0 Å². The van der Waals surface area contributed by atoms with E-state index in [2.05, 4.69) is 33.9 Å². The van der Waals surface area contributed by atoms with Gasteiger partial charge in [-0.05, 0) is 25.1 Å². The van der Waals surface area contributed by atoms with E-state index in [0.717, 1.165) is 5.57 Å². The van der Waals surface area contributed by atoms with E-state index < -0.39 is 14.4 Å². The van der Waals surface area contributed by atoms with Crippen LogP contribution in [-0.2, 0) is 4.43 Å². The van der Waals surface area contributed by atoms with Gasteiger partial charge in [0, 0.05) is 13.6 Å². The Morgan fingerprint density at radius 3 is 2.28 bits per heavy atom. The van der Waals surface area contributed by atoms with Gasteiger partial charge < -0.3 is 14.4 Å². The van der Waals surface area contributed by atoms with Crippen LogP contribution in [0.1, 0.15) is 27.7 Å². The van der Waals surface area contributed by atoms with Crippen molar-refractivity contribution in [2.24, 2.45) is 0 Å². The van der Waals surface area contributed by atoms with Gasteiger partial charge >= 0.3 is 6.09 Å². The molecule has 0 aliphatic heterocycles. The Bertz CT molecular complexity index is 319. The fraction of sp³-hybridized carbons (Fsp3) is 0.769. The Morgan fingerprint density at radius 2 is 1.89 bits per heavy atom. The molecular formula is C13H27NO3Si. The molecule has 4 nitrogen and oxygen atoms in total. The fourth-order valence-corrected chi connectivity index (χ4v) is 1.96. The maximum Gasteiger partial charge on any atom is 0.407 e. The van der Waals surface area contributed by atoms with Gasteiger partial charge in [-0.15, -0.1) is 0 Å². The summed E-state index contributed by atoms with van der Waals surface area (Å²) in [6.45, 7) is 14.0. The second kappa shape index (κ2) is 6.38. The van der Waals surface area contributed by atoms with Crippen LogP contribution in [0.3, 0.4) is 0 Å². The molecule has 1 N–H and O–H groups in total. The van der Waals surface area contributed by atoms with Crippen molar-refractivity contribution < 1.29 is 14.3 Å². The molecule has 0 rings (SSSR count). The van der Waals surface area contributed by atoms with E-state index in [4.69, 9.17) is 9.53 Å². The molecule has 0 saturated heterocycles. The Kier molecular flexibility index (Phi) is 6.09. The summed E-state index contributed by atoms with van der Waals surface area (Å²) in [7, 11) is -0.160. The fourth-order valence-electron chi connectivity index (χ4n) is 0.941. The zero-order valence-corrected chi connectivity index (χ0v) is 13.7. The van der Waals surface area contributed by atoms with Crippen molar-refractivity contribution in [3.05, 3.63) is 11.6 Å². The smallest absolute Gasteiger partial charge is 0.407 e. The van der Waals surface area contributed by atoms with E-state index in [0.29, 0.717) is 13.2 Å². The van der Waals surface area contributed by atoms with Crippen molar-refractivity contribution in [2.75, 3.05) is 20.2 Å². The van der Waals surface area contributed by atoms with E-state index in [1.54, 1.807) is 7.05 Å². The Morgan fingerprint density at radius 1 is 1.39 bits per heavy atom. The topological polar surface area (TPSA) is 49.8 Å². The lowest BCUT2D eigenvalue weighted by Crippen LogP contribution is -2.41. The number of hydrogen-bond donors (Lipinski definition) is 1. The Balaban J connectivity index is 4.30. The number of rotatable bonds is 5. The first-order valence-electron chi connectivity index (χ1n) is 6.21. The van der Waals surface area contributed by atoms with Crippen molar-refractivity contribution in [2.45, 2.75) is 45.8 Å². The highest BCUT2D eigenvalue weighted by atomic mass is 28.4. The lowest BCUT2D eigenvalue weighted by Gasteiger charge is -2.36. The minimum atomic E-state index is -1.72. The summed E-state index contributed by atoms with van der Waals surface area (Å²) in [5.74, 6) is 0. The third-order valence-corrected chi connectivity index (χ3v) is 7.99. The number of hydrogen-bond acceptors (Lipinski definition) is 2. The van der Waals surface area contributed by atoms with E-state index >= 15 is 0 Å². The van der Waals surface area contributed by atoms with Crippen molar-refractivity contribution in [3.8, 4) is 0 Å². The molecule has 0 heterocycles. The zero-order chi connectivity index (χ0) is 14.6. The van der Waals surface area contributed by atoms with E-state index in [1.165, 1.54) is 4.90 Å². The van der Waals surface area contributed by atoms with Gasteiger partial charge in [0.25, 0.3) is 0 Å². The molecule has 0 radical (unpaired) electrons. The van der Waals surface area contributed by atoms with Gasteiger partial charge in [-0.3, -0.25) is 0 Å². The number of carbonyl (C=O) groups is 1. The summed E-state index contributed by atoms with van der Waals surface area (Å²) in [5, 5.41) is 8.93. The molecule has 0 aromatic rings. The van der Waals surface area contributed by atoms with Crippen LogP contribution in [-0.4, -0.2) is 44.6 Å². The lowest BCUT2D eigenvalue weighted by atomic mass is 10.2. The molecule has 0 aliphatic rings. The number of nitrogens with zero attached hydrogens (tertiary/aromatic N) is 1. The van der Waals surface area contributed by atoms with Crippen molar-refractivity contribution in [1.29, 1.82) is 0 Å². The lowest BCUT2D eigenvalue weighted by molar-refractivity contribution is 0.160. The molecule has 1 amide bonds. The number of carboxylic acid groups (broad SMARTS) is 1. The van der Waals surface area contributed by atoms with Crippen LogP contribution >= 0.6 is 0 Å². The molecule has 0 saturated carbocycles. The van der Waals surface area contributed by atoms with Crippen LogP contribution in [0, 0.1) is 0 Å². The molecule has 106 valence electrons. The van der Waals surface area contributed by atoms with Gasteiger partial charge in [0.1, 0.15) is 0 Å². The van der Waals surface area contributed by atoms with Crippen molar-refractivity contribution >= 4 is 14.4 Å². The summed E-state index contributed by atoms with van der Waals surface area (Å²) in [6, 6.07) is 0. The third-order valence-electron chi connectivity index (χ3n) is 3.51. The monoisotopic (exact) mass is 273 g/mol. The van der Waals surface area contributed by atoms with Gasteiger partial charge in [0.05, 0.1) is 6.61 Å². The van der Waals surface area contributed by atoms with Crippen LogP contribution in [0.5, 0.6) is 0 Å². The molecule has 0 unspecified atom stereocenters. The minimum absolute atomic E-state index is 0.200. The first-order valence-corrected chi connectivity index (χ1v) is 9.12. The zero-order valence-electron chi connectivity index (χ0n) is 12.7. The average Bonchev–Trinajstić information content (AvgIpc) is 2.21. The van der Waals surface area contributed by atoms with E-state index in [1.807, 2.05) is 13.0 Å². The molecule has 0 aliphatic carbocycles. The second-order valence-corrected chi connectivity index (χ2v) is 11.1. The normalized spacial score (nSPS) is 13.6. The molecule has 18 heavy (non-hydrogen) atoms. The van der Waals surface area contributed by atoms with Crippen LogP contribution in [0.2, 0.25) is 18.1 Å². The predicted molar refractivity (Wildman–Crippen MR) is 77.6 cm³/mol. The van der Waals surface area contributed by atoms with Crippen molar-refractivity contribution in [1.82, 2.24) is 4.90 Å². The summed E-state index contributed by atoms with van der Waals surface area (Å²) >= 11 is 0. The Hall–Kier alpha value is -0.813. The standard InChI is InChI=1S/C13H27NO3Si/c1-11(8-9-14(5)12(15)16)10-17-18(6,7)13(2,3)4/h8H,9-10H2,1-7H3,(H,15,16). The minimum Gasteiger partial charge on any atom is -0.465 e. The van der Waals surface area contributed by atoms with Gasteiger partial charge in [0.2, 0.25) is 0 Å². The molecule has 0 aromatic carbocycles. The highest BCUT2D eigenvalue weighted by Gasteiger charge is 2.36. The molecule has 0 fully saturated rings. The van der Waals surface area contributed by atoms with Crippen LogP contribution in [0.4, 0.5) is 4.79 Å². The molecule has 0 atom stereocenters. The van der Waals surface area contributed by atoms with Crippen LogP contribution in [0.25, 0.3) is 0 Å². The van der Waals surface area contributed by atoms with Gasteiger partial charge in [-0.1, -0.05) is 32.4 Å². The highest BCUT2D eigenvalue weighted by Crippen LogP contribution is 2.36. The van der Waals surface area contributed by atoms with Gasteiger partial charge in [-0.2, -0.15) is 0 Å². The molecule has 0 spiro atoms. The maximum absolute atomic E-state index is 10.6. The van der Waals surface area contributed by atoms with Crippen LogP contribution in [0.15, 0.2) is 11.6 Å². The number of likely N-dealkylation sites (N-methyl/N-ethyl adjacent to an activating group) is 1.